The van der Waals surface area contributed by atoms with Crippen LogP contribution >= 0.6 is 0 Å². The lowest BCUT2D eigenvalue weighted by Gasteiger charge is -2.38. The van der Waals surface area contributed by atoms with Crippen molar-refractivity contribution in [1.29, 1.82) is 0 Å². The fourth-order valence-electron chi connectivity index (χ4n) is 4.80. The van der Waals surface area contributed by atoms with Crippen LogP contribution in [0.5, 0.6) is 0 Å². The topological polar surface area (TPSA) is 54.5 Å². The van der Waals surface area contributed by atoms with Gasteiger partial charge < -0.3 is 15.0 Å². The average molecular weight is 506 g/mol. The van der Waals surface area contributed by atoms with Crippen LogP contribution in [-0.2, 0) is 15.7 Å². The van der Waals surface area contributed by atoms with Crippen molar-refractivity contribution < 1.29 is 22.7 Å². The molecular formula is C28H38F3N3O2. The lowest BCUT2D eigenvalue weighted by Crippen LogP contribution is -2.39. The molecule has 36 heavy (non-hydrogen) atoms. The van der Waals surface area contributed by atoms with Crippen LogP contribution in [0.4, 0.5) is 30.4 Å². The van der Waals surface area contributed by atoms with Crippen LogP contribution in [0.15, 0.2) is 36.5 Å². The van der Waals surface area contributed by atoms with Gasteiger partial charge in [0.25, 0.3) is 0 Å². The maximum atomic E-state index is 13.0. The van der Waals surface area contributed by atoms with Crippen LogP contribution in [0.25, 0.3) is 0 Å². The first-order valence-corrected chi connectivity index (χ1v) is 12.9. The predicted octanol–water partition coefficient (Wildman–Crippen LogP) is 7.70. The molecule has 0 aliphatic heterocycles. The smallest absolute Gasteiger partial charge is 0.417 e. The molecule has 8 heteroatoms. The van der Waals surface area contributed by atoms with Gasteiger partial charge in [0.2, 0.25) is 0 Å². The maximum Gasteiger partial charge on any atom is 0.417 e. The molecule has 1 aromatic heterocycles. The Morgan fingerprint density at radius 2 is 1.86 bits per heavy atom. The zero-order valence-electron chi connectivity index (χ0n) is 21.7. The highest BCUT2D eigenvalue weighted by Gasteiger charge is 2.31. The Balaban J connectivity index is 1.98. The molecular weight excluding hydrogens is 467 g/mol. The van der Waals surface area contributed by atoms with Gasteiger partial charge in [-0.2, -0.15) is 13.2 Å². The van der Waals surface area contributed by atoms with Gasteiger partial charge in [-0.05, 0) is 61.4 Å². The van der Waals surface area contributed by atoms with Gasteiger partial charge in [-0.15, -0.1) is 0 Å². The van der Waals surface area contributed by atoms with Crippen molar-refractivity contribution in [3.63, 3.8) is 0 Å². The van der Waals surface area contributed by atoms with E-state index in [-0.39, 0.29) is 18.3 Å². The third kappa shape index (κ3) is 7.61. The van der Waals surface area contributed by atoms with Crippen molar-refractivity contribution in [3.05, 3.63) is 47.7 Å². The maximum absolute atomic E-state index is 13.0. The molecule has 1 heterocycles. The molecule has 5 nitrogen and oxygen atoms in total. The van der Waals surface area contributed by atoms with Gasteiger partial charge in [-0.1, -0.05) is 46.1 Å². The molecule has 0 bridgehead atoms. The Labute approximate surface area is 212 Å². The second-order valence-electron chi connectivity index (χ2n) is 10.1. The number of pyridine rings is 1. The minimum Gasteiger partial charge on any atom is -0.466 e. The molecule has 1 aliphatic rings. The number of carbonyl (C=O) groups excluding carboxylic acids is 1. The number of nitrogens with one attached hydrogen (secondary N) is 1. The quantitative estimate of drug-likeness (QED) is 0.335. The summed E-state index contributed by atoms with van der Waals surface area (Å²) in [7, 11) is 0. The van der Waals surface area contributed by atoms with Crippen molar-refractivity contribution >= 4 is 23.2 Å². The Kier molecular flexibility index (Phi) is 9.63. The fraction of sp³-hybridized carbons (Fsp3) is 0.571. The zero-order chi connectivity index (χ0) is 26.3. The minimum atomic E-state index is -4.44. The number of aromatic nitrogens is 1. The molecule has 0 amide bonds. The van der Waals surface area contributed by atoms with Crippen LogP contribution in [0.2, 0.25) is 0 Å². The first kappa shape index (κ1) is 27.8. The molecule has 0 saturated heterocycles. The lowest BCUT2D eigenvalue weighted by atomic mass is 9.92. The number of rotatable bonds is 10. The number of hydrogen-bond donors (Lipinski definition) is 1. The van der Waals surface area contributed by atoms with Crippen molar-refractivity contribution in [1.82, 2.24) is 4.98 Å². The number of alkyl halides is 3. The summed E-state index contributed by atoms with van der Waals surface area (Å²) in [5.74, 6) is 0.447. The summed E-state index contributed by atoms with van der Waals surface area (Å²) in [6.45, 7) is 9.34. The van der Waals surface area contributed by atoms with Gasteiger partial charge in [0.1, 0.15) is 5.82 Å². The van der Waals surface area contributed by atoms with Gasteiger partial charge in [0.15, 0.2) is 0 Å². The molecule has 2 aromatic rings. The molecule has 1 fully saturated rings. The van der Waals surface area contributed by atoms with E-state index in [0.29, 0.717) is 24.4 Å². The number of anilines is 3. The van der Waals surface area contributed by atoms with Gasteiger partial charge in [-0.3, -0.25) is 4.79 Å². The van der Waals surface area contributed by atoms with Gasteiger partial charge in [0.05, 0.1) is 30.0 Å². The summed E-state index contributed by atoms with van der Waals surface area (Å²) in [6, 6.07) is 8.91. The molecule has 0 radical (unpaired) electrons. The number of nitrogens with zero attached hydrogens (tertiary/aromatic N) is 2. The van der Waals surface area contributed by atoms with E-state index >= 15 is 0 Å². The number of esters is 1. The summed E-state index contributed by atoms with van der Waals surface area (Å²) in [5, 5.41) is 3.28. The van der Waals surface area contributed by atoms with E-state index in [2.05, 4.69) is 35.1 Å². The first-order chi connectivity index (χ1) is 17.1. The summed E-state index contributed by atoms with van der Waals surface area (Å²) in [6.07, 6.45) is 2.53. The van der Waals surface area contributed by atoms with Crippen molar-refractivity contribution in [2.24, 2.45) is 5.92 Å². The predicted molar refractivity (Wildman–Crippen MR) is 138 cm³/mol. The summed E-state index contributed by atoms with van der Waals surface area (Å²) in [5.41, 5.74) is 1.95. The molecule has 0 spiro atoms. The molecule has 1 N–H and O–H groups in total. The van der Waals surface area contributed by atoms with Gasteiger partial charge >= 0.3 is 12.1 Å². The average Bonchev–Trinajstić information content (AvgIpc) is 2.83. The number of ether oxygens (including phenoxy) is 1. The Hall–Kier alpha value is -2.77. The van der Waals surface area contributed by atoms with Crippen molar-refractivity contribution in [2.75, 3.05) is 23.4 Å². The number of carbonyl (C=O) groups is 1. The van der Waals surface area contributed by atoms with Crippen LogP contribution in [0.1, 0.15) is 83.3 Å². The molecule has 1 atom stereocenters. The van der Waals surface area contributed by atoms with Crippen LogP contribution in [0, 0.1) is 5.92 Å². The molecule has 1 saturated carbocycles. The summed E-state index contributed by atoms with van der Waals surface area (Å²) in [4.78, 5) is 18.5. The normalized spacial score (nSPS) is 15.6. The van der Waals surface area contributed by atoms with Gasteiger partial charge in [-0.25, -0.2) is 4.98 Å². The van der Waals surface area contributed by atoms with Crippen molar-refractivity contribution in [2.45, 2.75) is 84.4 Å². The third-order valence-electron chi connectivity index (χ3n) is 6.61. The molecule has 1 aliphatic carbocycles. The number of halogens is 3. The monoisotopic (exact) mass is 505 g/mol. The summed E-state index contributed by atoms with van der Waals surface area (Å²) < 4.78 is 44.2. The molecule has 1 unspecified atom stereocenters. The highest BCUT2D eigenvalue weighted by Crippen LogP contribution is 2.37. The summed E-state index contributed by atoms with van der Waals surface area (Å²) >= 11 is 0. The fourth-order valence-corrected chi connectivity index (χ4v) is 4.80. The van der Waals surface area contributed by atoms with E-state index in [1.807, 2.05) is 19.1 Å². The second-order valence-corrected chi connectivity index (χ2v) is 10.1. The lowest BCUT2D eigenvalue weighted by molar-refractivity contribution is -0.143. The minimum absolute atomic E-state index is 0.0764. The van der Waals surface area contributed by atoms with Gasteiger partial charge in [0, 0.05) is 18.8 Å². The highest BCUT2D eigenvalue weighted by molar-refractivity contribution is 5.76. The molecule has 1 aromatic carbocycles. The van der Waals surface area contributed by atoms with Crippen LogP contribution in [0.3, 0.4) is 0 Å². The zero-order valence-corrected chi connectivity index (χ0v) is 21.7. The number of hydrogen-bond acceptors (Lipinski definition) is 5. The van der Waals surface area contributed by atoms with Crippen LogP contribution < -0.4 is 10.2 Å². The van der Waals surface area contributed by atoms with Crippen molar-refractivity contribution in [3.8, 4) is 0 Å². The van der Waals surface area contributed by atoms with E-state index in [1.165, 1.54) is 25.3 Å². The van der Waals surface area contributed by atoms with E-state index < -0.39 is 11.7 Å². The Morgan fingerprint density at radius 1 is 1.14 bits per heavy atom. The van der Waals surface area contributed by atoms with E-state index in [9.17, 15) is 18.0 Å². The Bertz CT molecular complexity index is 987. The van der Waals surface area contributed by atoms with E-state index in [0.717, 1.165) is 48.6 Å². The van der Waals surface area contributed by atoms with E-state index in [1.54, 1.807) is 6.92 Å². The Morgan fingerprint density at radius 3 is 2.44 bits per heavy atom. The standard InChI is InChI=1S/C28H38F3N3O2/c1-5-36-27(35)15-20(4)21-11-13-25(34(18-19(2)3)23-9-7-6-8-10-23)24(16-21)33-26-14-12-22(17-32-26)28(29,30)31/h11-14,16-17,19-20,23H,5-10,15,18H2,1-4H3,(H,32,33). The second kappa shape index (κ2) is 12.5. The highest BCUT2D eigenvalue weighted by atomic mass is 19.4. The van der Waals surface area contributed by atoms with E-state index in [4.69, 9.17) is 4.74 Å². The molecule has 3 rings (SSSR count). The number of benzene rings is 1. The largest absolute Gasteiger partial charge is 0.466 e. The third-order valence-corrected chi connectivity index (χ3v) is 6.61. The molecule has 198 valence electrons. The first-order valence-electron chi connectivity index (χ1n) is 12.9. The SMILES string of the molecule is CCOC(=O)CC(C)c1ccc(N(CC(C)C)C2CCCCC2)c(Nc2ccc(C(F)(F)F)cn2)c1. The van der Waals surface area contributed by atoms with Crippen LogP contribution in [-0.4, -0.2) is 30.1 Å².